The number of nitro benzene ring substituents is 1. The predicted molar refractivity (Wildman–Crippen MR) is 141 cm³/mol. The Balaban J connectivity index is 0.000000187. The zero-order valence-electron chi connectivity index (χ0n) is 20.1. The Hall–Kier alpha value is -3.00. The molecule has 8 heteroatoms. The minimum absolute atomic E-state index is 0.0185. The minimum atomic E-state index is -0.434. The molecule has 0 bridgehead atoms. The first-order chi connectivity index (χ1) is 17.4. The average molecular weight is 556 g/mol. The lowest BCUT2D eigenvalue weighted by Crippen LogP contribution is -2.08. The first-order valence-electron chi connectivity index (χ1n) is 12.6. The minimum Gasteiger partial charge on any atom is -0.428 e. The van der Waals surface area contributed by atoms with E-state index in [1.807, 2.05) is 12.1 Å². The molecular formula is C28H30BrNO6. The number of hydrogen-bond acceptors (Lipinski definition) is 6. The zero-order chi connectivity index (χ0) is 25.5. The van der Waals surface area contributed by atoms with Crippen LogP contribution in [0.3, 0.4) is 0 Å². The van der Waals surface area contributed by atoms with Gasteiger partial charge in [0.25, 0.3) is 5.69 Å². The normalized spacial score (nSPS) is 16.7. The summed E-state index contributed by atoms with van der Waals surface area (Å²) in [7, 11) is 0. The molecule has 7 nitrogen and oxygen atoms in total. The number of hydrogen-bond donors (Lipinski definition) is 0. The summed E-state index contributed by atoms with van der Waals surface area (Å²) in [6.07, 6.45) is 11.7. The molecule has 0 amide bonds. The molecule has 5 rings (SSSR count). The van der Waals surface area contributed by atoms with Crippen LogP contribution < -0.4 is 11.3 Å². The van der Waals surface area contributed by atoms with Crippen molar-refractivity contribution in [3.63, 3.8) is 0 Å². The van der Waals surface area contributed by atoms with Gasteiger partial charge in [0.2, 0.25) is 0 Å². The van der Waals surface area contributed by atoms with Crippen LogP contribution in [0.5, 0.6) is 0 Å². The molecule has 2 heterocycles. The van der Waals surface area contributed by atoms with Crippen molar-refractivity contribution in [1.82, 2.24) is 0 Å². The molecule has 2 fully saturated rings. The molecule has 2 aliphatic rings. The molecule has 0 radical (unpaired) electrons. The highest BCUT2D eigenvalue weighted by Crippen LogP contribution is 2.34. The van der Waals surface area contributed by atoms with E-state index in [0.29, 0.717) is 22.8 Å². The van der Waals surface area contributed by atoms with Crippen molar-refractivity contribution < 1.29 is 13.8 Å². The highest BCUT2D eigenvalue weighted by atomic mass is 79.9. The van der Waals surface area contributed by atoms with Gasteiger partial charge in [0.05, 0.1) is 4.92 Å². The second-order valence-electron chi connectivity index (χ2n) is 9.54. The number of nitrogens with zero attached hydrogens (tertiary/aromatic N) is 1. The Bertz CT molecular complexity index is 1300. The zero-order valence-corrected chi connectivity index (χ0v) is 21.7. The third kappa shape index (κ3) is 7.03. The molecule has 3 aromatic rings. The van der Waals surface area contributed by atoms with Crippen LogP contribution in [-0.4, -0.2) is 4.92 Å². The molecule has 0 aliphatic heterocycles. The van der Waals surface area contributed by atoms with Crippen LogP contribution in [0, 0.1) is 10.1 Å². The van der Waals surface area contributed by atoms with Crippen LogP contribution in [-0.2, 0) is 0 Å². The van der Waals surface area contributed by atoms with Gasteiger partial charge in [0, 0.05) is 40.6 Å². The summed E-state index contributed by atoms with van der Waals surface area (Å²) in [4.78, 5) is 33.5. The fourth-order valence-electron chi connectivity index (χ4n) is 5.10. The standard InChI is InChI=1S/C17H17NO4.C11H13BrO2/c19-17-11-14(13-7-4-8-15(9-13)18(20)21)10-16(22-17)12-5-2-1-3-6-12;12-9-6-10(14-11(13)7-9)8-4-2-1-3-5-8/h4,7-12H,1-3,5-6H2;6-8H,1-5H2. The number of halogens is 1. The maximum absolute atomic E-state index is 11.8. The van der Waals surface area contributed by atoms with Crippen molar-refractivity contribution in [2.75, 3.05) is 0 Å². The van der Waals surface area contributed by atoms with Gasteiger partial charge in [0.15, 0.2) is 0 Å². The molecule has 2 aromatic heterocycles. The number of non-ortho nitro benzene ring substituents is 1. The lowest BCUT2D eigenvalue weighted by atomic mass is 9.87. The number of nitro groups is 1. The van der Waals surface area contributed by atoms with Crippen molar-refractivity contribution in [1.29, 1.82) is 0 Å². The Labute approximate surface area is 217 Å². The van der Waals surface area contributed by atoms with E-state index in [9.17, 15) is 19.7 Å². The molecule has 2 saturated carbocycles. The molecule has 2 aliphatic carbocycles. The third-order valence-corrected chi connectivity index (χ3v) is 7.41. The van der Waals surface area contributed by atoms with Gasteiger partial charge in [-0.1, -0.05) is 66.6 Å². The Morgan fingerprint density at radius 2 is 1.28 bits per heavy atom. The topological polar surface area (TPSA) is 104 Å². The fourth-order valence-corrected chi connectivity index (χ4v) is 5.52. The summed E-state index contributed by atoms with van der Waals surface area (Å²) >= 11 is 3.32. The molecular weight excluding hydrogens is 526 g/mol. The average Bonchev–Trinajstić information content (AvgIpc) is 2.89. The van der Waals surface area contributed by atoms with Gasteiger partial charge in [0.1, 0.15) is 11.5 Å². The second-order valence-corrected chi connectivity index (χ2v) is 10.5. The first kappa shape index (κ1) is 26.1. The smallest absolute Gasteiger partial charge is 0.336 e. The van der Waals surface area contributed by atoms with Crippen LogP contribution in [0.15, 0.2) is 71.4 Å². The monoisotopic (exact) mass is 555 g/mol. The van der Waals surface area contributed by atoms with Crippen LogP contribution in [0.25, 0.3) is 11.1 Å². The van der Waals surface area contributed by atoms with E-state index in [4.69, 9.17) is 8.83 Å². The molecule has 0 unspecified atom stereocenters. The predicted octanol–water partition coefficient (Wildman–Crippen LogP) is 7.71. The van der Waals surface area contributed by atoms with Crippen molar-refractivity contribution in [2.24, 2.45) is 0 Å². The summed E-state index contributed by atoms with van der Waals surface area (Å²) in [5, 5.41) is 10.9. The van der Waals surface area contributed by atoms with E-state index in [2.05, 4.69) is 15.9 Å². The molecule has 190 valence electrons. The van der Waals surface area contributed by atoms with Crippen molar-refractivity contribution in [3.05, 3.63) is 95.5 Å². The molecule has 0 spiro atoms. The molecule has 0 saturated heterocycles. The lowest BCUT2D eigenvalue weighted by molar-refractivity contribution is -0.384. The van der Waals surface area contributed by atoms with E-state index in [1.165, 1.54) is 49.9 Å². The Morgan fingerprint density at radius 1 is 0.722 bits per heavy atom. The highest BCUT2D eigenvalue weighted by molar-refractivity contribution is 9.10. The number of rotatable bonds is 4. The van der Waals surface area contributed by atoms with Gasteiger partial charge in [-0.15, -0.1) is 0 Å². The first-order valence-corrected chi connectivity index (χ1v) is 13.4. The van der Waals surface area contributed by atoms with E-state index < -0.39 is 10.5 Å². The van der Waals surface area contributed by atoms with Gasteiger partial charge in [-0.3, -0.25) is 10.1 Å². The van der Waals surface area contributed by atoms with Gasteiger partial charge in [-0.05, 0) is 48.9 Å². The van der Waals surface area contributed by atoms with Crippen molar-refractivity contribution in [2.45, 2.75) is 76.0 Å². The fraction of sp³-hybridized carbons (Fsp3) is 0.429. The van der Waals surface area contributed by atoms with Crippen molar-refractivity contribution in [3.8, 4) is 11.1 Å². The Morgan fingerprint density at radius 3 is 1.83 bits per heavy atom. The summed E-state index contributed by atoms with van der Waals surface area (Å²) in [5.41, 5.74) is 0.717. The highest BCUT2D eigenvalue weighted by Gasteiger charge is 2.20. The summed E-state index contributed by atoms with van der Waals surface area (Å²) in [6, 6.07) is 13.0. The van der Waals surface area contributed by atoms with E-state index in [-0.39, 0.29) is 17.2 Å². The van der Waals surface area contributed by atoms with Gasteiger partial charge in [-0.25, -0.2) is 9.59 Å². The van der Waals surface area contributed by atoms with Crippen LogP contribution in [0.1, 0.15) is 87.6 Å². The van der Waals surface area contributed by atoms with Gasteiger partial charge in [-0.2, -0.15) is 0 Å². The molecule has 0 N–H and O–H groups in total. The van der Waals surface area contributed by atoms with Gasteiger partial charge >= 0.3 is 11.3 Å². The van der Waals surface area contributed by atoms with Crippen LogP contribution in [0.2, 0.25) is 0 Å². The SMILES string of the molecule is O=c1cc(-c2cccc([N+](=O)[O-])c2)cc(C2CCCCC2)o1.O=c1cc(Br)cc(C2CCCCC2)o1. The molecule has 0 atom stereocenters. The summed E-state index contributed by atoms with van der Waals surface area (Å²) < 4.78 is 11.4. The van der Waals surface area contributed by atoms with Crippen molar-refractivity contribution >= 4 is 21.6 Å². The Kier molecular flexibility index (Phi) is 8.91. The summed E-state index contributed by atoms with van der Waals surface area (Å²) in [5.74, 6) is 2.28. The molecule has 1 aromatic carbocycles. The number of benzene rings is 1. The second kappa shape index (κ2) is 12.3. The van der Waals surface area contributed by atoms with E-state index in [0.717, 1.165) is 48.8 Å². The quantitative estimate of drug-likeness (QED) is 0.241. The van der Waals surface area contributed by atoms with Crippen LogP contribution in [0.4, 0.5) is 5.69 Å². The van der Waals surface area contributed by atoms with E-state index >= 15 is 0 Å². The summed E-state index contributed by atoms with van der Waals surface area (Å²) in [6.45, 7) is 0. The maximum atomic E-state index is 11.8. The van der Waals surface area contributed by atoms with Gasteiger partial charge < -0.3 is 8.83 Å². The largest absolute Gasteiger partial charge is 0.428 e. The maximum Gasteiger partial charge on any atom is 0.336 e. The third-order valence-electron chi connectivity index (χ3n) is 6.95. The van der Waals surface area contributed by atoms with E-state index in [1.54, 1.807) is 12.1 Å². The molecule has 36 heavy (non-hydrogen) atoms. The van der Waals surface area contributed by atoms with Crippen LogP contribution >= 0.6 is 15.9 Å². The lowest BCUT2D eigenvalue weighted by Gasteiger charge is -2.20.